The molecule has 0 radical (unpaired) electrons. The monoisotopic (exact) mass is 442 g/mol. The van der Waals surface area contributed by atoms with Crippen molar-refractivity contribution in [2.24, 2.45) is 0 Å². The van der Waals surface area contributed by atoms with Crippen molar-refractivity contribution < 1.29 is 14.3 Å². The van der Waals surface area contributed by atoms with Crippen molar-refractivity contribution in [2.75, 3.05) is 6.54 Å². The Labute approximate surface area is 172 Å². The summed E-state index contributed by atoms with van der Waals surface area (Å²) in [5.41, 5.74) is 2.94. The lowest BCUT2D eigenvalue weighted by Gasteiger charge is -2.05. The molecule has 1 amide bonds. The second-order valence-corrected chi connectivity index (χ2v) is 7.56. The molecule has 1 heterocycles. The summed E-state index contributed by atoms with van der Waals surface area (Å²) < 4.78 is 6.87. The number of halogens is 1. The van der Waals surface area contributed by atoms with Crippen LogP contribution in [-0.4, -0.2) is 22.5 Å². The Bertz CT molecular complexity index is 918. The van der Waals surface area contributed by atoms with E-state index in [4.69, 9.17) is 4.42 Å². The van der Waals surface area contributed by atoms with Gasteiger partial charge in [-0.05, 0) is 49.6 Å². The Balaban J connectivity index is 1.42. The molecule has 0 spiro atoms. The lowest BCUT2D eigenvalue weighted by atomic mass is 10.1. The smallest absolute Gasteiger partial charge is 0.220 e. The van der Waals surface area contributed by atoms with Crippen LogP contribution in [0.2, 0.25) is 0 Å². The van der Waals surface area contributed by atoms with Crippen molar-refractivity contribution in [1.82, 2.24) is 10.3 Å². The number of hydrogen-bond donors (Lipinski definition) is 2. The van der Waals surface area contributed by atoms with Crippen LogP contribution in [0.5, 0.6) is 5.75 Å². The highest BCUT2D eigenvalue weighted by Crippen LogP contribution is 2.26. The van der Waals surface area contributed by atoms with Crippen molar-refractivity contribution in [3.63, 3.8) is 0 Å². The fraction of sp³-hybridized carbons (Fsp3) is 0.273. The van der Waals surface area contributed by atoms with Crippen LogP contribution in [-0.2, 0) is 17.6 Å². The van der Waals surface area contributed by atoms with E-state index < -0.39 is 0 Å². The van der Waals surface area contributed by atoms with Crippen LogP contribution in [0, 0.1) is 6.92 Å². The highest BCUT2D eigenvalue weighted by Gasteiger charge is 2.13. The number of amides is 1. The minimum atomic E-state index is -0.00764. The summed E-state index contributed by atoms with van der Waals surface area (Å²) in [5, 5.41) is 12.2. The van der Waals surface area contributed by atoms with Gasteiger partial charge in [-0.15, -0.1) is 0 Å². The lowest BCUT2D eigenvalue weighted by molar-refractivity contribution is -0.121. The van der Waals surface area contributed by atoms with E-state index in [0.717, 1.165) is 39.9 Å². The van der Waals surface area contributed by atoms with Crippen LogP contribution >= 0.6 is 15.9 Å². The quantitative estimate of drug-likeness (QED) is 0.491. The highest BCUT2D eigenvalue weighted by atomic mass is 79.9. The number of benzene rings is 2. The maximum atomic E-state index is 12.1. The van der Waals surface area contributed by atoms with Crippen LogP contribution in [0.4, 0.5) is 0 Å². The molecule has 28 heavy (non-hydrogen) atoms. The summed E-state index contributed by atoms with van der Waals surface area (Å²) >= 11 is 3.42. The Kier molecular flexibility index (Phi) is 6.87. The number of phenolic OH excluding ortho intramolecular Hbond substituents is 1. The maximum Gasteiger partial charge on any atom is 0.220 e. The Morgan fingerprint density at radius 2 is 1.82 bits per heavy atom. The third kappa shape index (κ3) is 5.70. The summed E-state index contributed by atoms with van der Waals surface area (Å²) in [5.74, 6) is 1.58. The number of carbonyl (C=O) groups is 1. The fourth-order valence-electron chi connectivity index (χ4n) is 2.92. The van der Waals surface area contributed by atoms with E-state index in [9.17, 15) is 9.90 Å². The van der Waals surface area contributed by atoms with Gasteiger partial charge < -0.3 is 14.8 Å². The summed E-state index contributed by atoms with van der Waals surface area (Å²) in [4.78, 5) is 16.5. The first-order valence-electron chi connectivity index (χ1n) is 9.28. The van der Waals surface area contributed by atoms with E-state index in [1.807, 2.05) is 43.3 Å². The predicted octanol–water partition coefficient (Wildman–Crippen LogP) is 4.80. The van der Waals surface area contributed by atoms with Gasteiger partial charge in [-0.1, -0.05) is 40.2 Å². The molecule has 5 nitrogen and oxygen atoms in total. The highest BCUT2D eigenvalue weighted by molar-refractivity contribution is 9.10. The number of hydrogen-bond acceptors (Lipinski definition) is 4. The normalized spacial score (nSPS) is 10.8. The zero-order valence-electron chi connectivity index (χ0n) is 15.7. The number of rotatable bonds is 8. The summed E-state index contributed by atoms with van der Waals surface area (Å²) in [6.45, 7) is 2.53. The average Bonchev–Trinajstić information content (AvgIpc) is 3.06. The molecule has 0 bridgehead atoms. The van der Waals surface area contributed by atoms with Gasteiger partial charge in [0.25, 0.3) is 0 Å². The second-order valence-electron chi connectivity index (χ2n) is 6.65. The zero-order chi connectivity index (χ0) is 19.9. The van der Waals surface area contributed by atoms with Crippen LogP contribution in [0.1, 0.15) is 30.0 Å². The third-order valence-electron chi connectivity index (χ3n) is 4.41. The molecule has 6 heteroatoms. The standard InChI is InChI=1S/C22H23BrN2O3/c1-15-22(17-6-8-18(23)9-7-17)28-21(25-15)13-12-20(27)24-14-2-3-16-4-10-19(26)11-5-16/h4-11,26H,2-3,12-14H2,1H3,(H,24,27). The number of phenols is 1. The molecule has 1 aromatic heterocycles. The number of nitrogens with one attached hydrogen (secondary N) is 1. The summed E-state index contributed by atoms with van der Waals surface area (Å²) in [7, 11) is 0. The van der Waals surface area contributed by atoms with Crippen molar-refractivity contribution >= 4 is 21.8 Å². The van der Waals surface area contributed by atoms with Gasteiger partial charge in [-0.3, -0.25) is 4.79 Å². The Morgan fingerprint density at radius 1 is 1.11 bits per heavy atom. The first-order valence-corrected chi connectivity index (χ1v) is 10.1. The number of nitrogens with zero attached hydrogens (tertiary/aromatic N) is 1. The Morgan fingerprint density at radius 3 is 2.54 bits per heavy atom. The van der Waals surface area contributed by atoms with Gasteiger partial charge in [-0.25, -0.2) is 4.98 Å². The van der Waals surface area contributed by atoms with E-state index in [0.29, 0.717) is 25.3 Å². The molecular formula is C22H23BrN2O3. The molecule has 3 aromatic rings. The molecule has 2 N–H and O–H groups in total. The minimum absolute atomic E-state index is 0.00764. The molecule has 0 aliphatic heterocycles. The number of aromatic nitrogens is 1. The SMILES string of the molecule is Cc1nc(CCC(=O)NCCCc2ccc(O)cc2)oc1-c1ccc(Br)cc1. The molecule has 146 valence electrons. The van der Waals surface area contributed by atoms with E-state index in [1.165, 1.54) is 0 Å². The van der Waals surface area contributed by atoms with Crippen molar-refractivity contribution in [2.45, 2.75) is 32.6 Å². The van der Waals surface area contributed by atoms with Crippen LogP contribution in [0.15, 0.2) is 57.4 Å². The van der Waals surface area contributed by atoms with Gasteiger partial charge in [0.1, 0.15) is 5.75 Å². The Hall–Kier alpha value is -2.60. The molecule has 0 fully saturated rings. The molecule has 0 saturated carbocycles. The first-order chi connectivity index (χ1) is 13.5. The number of aryl methyl sites for hydroxylation is 3. The predicted molar refractivity (Wildman–Crippen MR) is 112 cm³/mol. The molecule has 0 aliphatic rings. The van der Waals surface area contributed by atoms with E-state index >= 15 is 0 Å². The van der Waals surface area contributed by atoms with Gasteiger partial charge in [0.2, 0.25) is 5.91 Å². The summed E-state index contributed by atoms with van der Waals surface area (Å²) in [6, 6.07) is 15.0. The second kappa shape index (κ2) is 9.55. The first kappa shape index (κ1) is 20.1. The molecule has 3 rings (SSSR count). The number of aromatic hydroxyl groups is 1. The van der Waals surface area contributed by atoms with E-state index in [2.05, 4.69) is 26.2 Å². The van der Waals surface area contributed by atoms with Crippen LogP contribution in [0.3, 0.4) is 0 Å². The summed E-state index contributed by atoms with van der Waals surface area (Å²) in [6.07, 6.45) is 2.53. The van der Waals surface area contributed by atoms with Gasteiger partial charge in [0, 0.05) is 29.4 Å². The molecule has 0 atom stereocenters. The number of oxazole rings is 1. The maximum absolute atomic E-state index is 12.1. The van der Waals surface area contributed by atoms with E-state index in [-0.39, 0.29) is 11.7 Å². The molecule has 0 aliphatic carbocycles. The van der Waals surface area contributed by atoms with Crippen LogP contribution < -0.4 is 5.32 Å². The van der Waals surface area contributed by atoms with Crippen molar-refractivity contribution in [3.05, 3.63) is 70.2 Å². The van der Waals surface area contributed by atoms with E-state index in [1.54, 1.807) is 12.1 Å². The van der Waals surface area contributed by atoms with Gasteiger partial charge in [-0.2, -0.15) is 0 Å². The largest absolute Gasteiger partial charge is 0.508 e. The van der Waals surface area contributed by atoms with Crippen molar-refractivity contribution in [3.8, 4) is 17.1 Å². The number of carbonyl (C=O) groups excluding carboxylic acids is 1. The van der Waals surface area contributed by atoms with Gasteiger partial charge in [0.15, 0.2) is 11.7 Å². The molecule has 0 saturated heterocycles. The zero-order valence-corrected chi connectivity index (χ0v) is 17.3. The topological polar surface area (TPSA) is 75.4 Å². The van der Waals surface area contributed by atoms with Crippen LogP contribution in [0.25, 0.3) is 11.3 Å². The van der Waals surface area contributed by atoms with Crippen molar-refractivity contribution in [1.29, 1.82) is 0 Å². The lowest BCUT2D eigenvalue weighted by Crippen LogP contribution is -2.25. The van der Waals surface area contributed by atoms with Gasteiger partial charge >= 0.3 is 0 Å². The average molecular weight is 443 g/mol. The third-order valence-corrected chi connectivity index (χ3v) is 4.94. The van der Waals surface area contributed by atoms with Gasteiger partial charge in [0.05, 0.1) is 5.69 Å². The fourth-order valence-corrected chi connectivity index (χ4v) is 3.18. The molecule has 0 unspecified atom stereocenters. The molecule has 2 aromatic carbocycles. The molecular weight excluding hydrogens is 420 g/mol. The minimum Gasteiger partial charge on any atom is -0.508 e.